The van der Waals surface area contributed by atoms with E-state index in [4.69, 9.17) is 0 Å². The molecule has 0 radical (unpaired) electrons. The number of hydrogen-bond donors (Lipinski definition) is 0. The molecule has 0 atom stereocenters. The van der Waals surface area contributed by atoms with E-state index in [1.54, 1.807) is 18.2 Å². The van der Waals surface area contributed by atoms with Gasteiger partial charge in [0.15, 0.2) is 0 Å². The summed E-state index contributed by atoms with van der Waals surface area (Å²) in [4.78, 5) is 34.6. The lowest BCUT2D eigenvalue weighted by molar-refractivity contribution is -0.384. The number of benzene rings is 3. The number of carbonyl (C=O) groups excluding carboxylic acids is 2. The predicted octanol–water partition coefficient (Wildman–Crippen LogP) is 3.81. The highest BCUT2D eigenvalue weighted by Crippen LogP contribution is 2.18. The molecule has 0 saturated heterocycles. The van der Waals surface area contributed by atoms with Crippen LogP contribution in [0.3, 0.4) is 0 Å². The first-order chi connectivity index (χ1) is 11.1. The molecule has 0 bridgehead atoms. The minimum absolute atomic E-state index is 0.125. The third kappa shape index (κ3) is 2.85. The lowest BCUT2D eigenvalue weighted by atomic mass is 9.99. The van der Waals surface area contributed by atoms with E-state index < -0.39 is 16.5 Å². The molecular weight excluding hydrogens is 294 g/mol. The van der Waals surface area contributed by atoms with E-state index in [1.807, 2.05) is 24.3 Å². The second-order valence-corrected chi connectivity index (χ2v) is 5.02. The minimum Gasteiger partial charge on any atom is -0.285 e. The monoisotopic (exact) mass is 305 g/mol. The molecule has 0 fully saturated rings. The van der Waals surface area contributed by atoms with Gasteiger partial charge in [0.1, 0.15) is 0 Å². The van der Waals surface area contributed by atoms with E-state index in [2.05, 4.69) is 0 Å². The molecule has 0 amide bonds. The Kier molecular flexibility index (Phi) is 3.68. The smallest absolute Gasteiger partial charge is 0.269 e. The third-order valence-corrected chi connectivity index (χ3v) is 3.56. The third-order valence-electron chi connectivity index (χ3n) is 3.56. The Morgan fingerprint density at radius 2 is 1.30 bits per heavy atom. The topological polar surface area (TPSA) is 77.3 Å². The zero-order valence-electron chi connectivity index (χ0n) is 11.9. The number of hydrogen-bond acceptors (Lipinski definition) is 4. The Hall–Kier alpha value is -3.34. The summed E-state index contributed by atoms with van der Waals surface area (Å²) >= 11 is 0. The fourth-order valence-electron chi connectivity index (χ4n) is 2.33. The van der Waals surface area contributed by atoms with Crippen molar-refractivity contribution in [2.24, 2.45) is 0 Å². The first kappa shape index (κ1) is 14.6. The van der Waals surface area contributed by atoms with Gasteiger partial charge < -0.3 is 0 Å². The first-order valence-corrected chi connectivity index (χ1v) is 6.88. The molecule has 0 N–H and O–H groups in total. The molecule has 0 aliphatic heterocycles. The number of nitro benzene ring substituents is 1. The van der Waals surface area contributed by atoms with Gasteiger partial charge in [0, 0.05) is 23.3 Å². The molecule has 3 rings (SSSR count). The van der Waals surface area contributed by atoms with Crippen LogP contribution in [0.4, 0.5) is 5.69 Å². The quantitative estimate of drug-likeness (QED) is 0.318. The molecular formula is C18H11NO4. The van der Waals surface area contributed by atoms with Crippen molar-refractivity contribution in [3.63, 3.8) is 0 Å². The maximum absolute atomic E-state index is 12.3. The van der Waals surface area contributed by atoms with Crippen LogP contribution >= 0.6 is 0 Å². The van der Waals surface area contributed by atoms with Crippen LogP contribution in [0.25, 0.3) is 10.8 Å². The van der Waals surface area contributed by atoms with Crippen LogP contribution < -0.4 is 0 Å². The lowest BCUT2D eigenvalue weighted by Crippen LogP contribution is -2.14. The van der Waals surface area contributed by atoms with Crippen LogP contribution in [0, 0.1) is 10.1 Å². The molecule has 0 aromatic heterocycles. The average molecular weight is 305 g/mol. The maximum Gasteiger partial charge on any atom is 0.269 e. The SMILES string of the molecule is O=C(C(=O)c1ccc2ccccc2c1)c1ccc([N+](=O)[O-])cc1. The van der Waals surface area contributed by atoms with E-state index in [9.17, 15) is 19.7 Å². The van der Waals surface area contributed by atoms with Gasteiger partial charge in [-0.1, -0.05) is 36.4 Å². The van der Waals surface area contributed by atoms with Crippen molar-refractivity contribution in [1.29, 1.82) is 0 Å². The summed E-state index contributed by atoms with van der Waals surface area (Å²) in [5.41, 5.74) is 0.306. The molecule has 5 heteroatoms. The number of nitrogens with zero attached hydrogens (tertiary/aromatic N) is 1. The fourth-order valence-corrected chi connectivity index (χ4v) is 2.33. The first-order valence-electron chi connectivity index (χ1n) is 6.88. The van der Waals surface area contributed by atoms with Crippen molar-refractivity contribution in [1.82, 2.24) is 0 Å². The van der Waals surface area contributed by atoms with Crippen molar-refractivity contribution in [2.45, 2.75) is 0 Å². The summed E-state index contributed by atoms with van der Waals surface area (Å²) in [7, 11) is 0. The van der Waals surface area contributed by atoms with Gasteiger partial charge in [-0.05, 0) is 29.0 Å². The largest absolute Gasteiger partial charge is 0.285 e. The Bertz CT molecular complexity index is 929. The van der Waals surface area contributed by atoms with Gasteiger partial charge in [0.2, 0.25) is 11.6 Å². The summed E-state index contributed by atoms with van der Waals surface area (Å²) in [6.45, 7) is 0. The zero-order chi connectivity index (χ0) is 16.4. The molecule has 0 unspecified atom stereocenters. The van der Waals surface area contributed by atoms with E-state index in [1.165, 1.54) is 24.3 Å². The molecule has 0 saturated carbocycles. The molecule has 3 aromatic rings. The highest BCUT2D eigenvalue weighted by atomic mass is 16.6. The van der Waals surface area contributed by atoms with Crippen LogP contribution in [-0.2, 0) is 0 Å². The highest BCUT2D eigenvalue weighted by molar-refractivity contribution is 6.49. The molecule has 5 nitrogen and oxygen atoms in total. The molecule has 0 spiro atoms. The van der Waals surface area contributed by atoms with E-state index in [0.717, 1.165) is 10.8 Å². The summed E-state index contributed by atoms with van der Waals surface area (Å²) in [5, 5.41) is 12.5. The van der Waals surface area contributed by atoms with E-state index in [0.29, 0.717) is 5.56 Å². The van der Waals surface area contributed by atoms with Crippen molar-refractivity contribution >= 4 is 28.0 Å². The molecule has 0 heterocycles. The fraction of sp³-hybridized carbons (Fsp3) is 0. The summed E-state index contributed by atoms with van der Waals surface area (Å²) in [6, 6.07) is 17.6. The predicted molar refractivity (Wildman–Crippen MR) is 85.7 cm³/mol. The van der Waals surface area contributed by atoms with Gasteiger partial charge in [-0.25, -0.2) is 0 Å². The van der Waals surface area contributed by atoms with Gasteiger partial charge in [0.05, 0.1) is 4.92 Å². The second kappa shape index (κ2) is 5.81. The summed E-state index contributed by atoms with van der Waals surface area (Å²) in [6.07, 6.45) is 0. The Morgan fingerprint density at radius 3 is 1.96 bits per heavy atom. The molecule has 0 aliphatic carbocycles. The van der Waals surface area contributed by atoms with Crippen LogP contribution in [0.2, 0.25) is 0 Å². The summed E-state index contributed by atoms with van der Waals surface area (Å²) < 4.78 is 0. The van der Waals surface area contributed by atoms with Gasteiger partial charge in [-0.2, -0.15) is 0 Å². The molecule has 112 valence electrons. The van der Waals surface area contributed by atoms with Gasteiger partial charge in [0.25, 0.3) is 5.69 Å². The van der Waals surface area contributed by atoms with Gasteiger partial charge in [-0.3, -0.25) is 19.7 Å². The normalized spacial score (nSPS) is 10.4. The number of ketones is 2. The number of fused-ring (bicyclic) bond motifs is 1. The van der Waals surface area contributed by atoms with Crippen LogP contribution in [-0.4, -0.2) is 16.5 Å². The maximum atomic E-state index is 12.3. The zero-order valence-corrected chi connectivity index (χ0v) is 11.9. The number of Topliss-reactive ketones (excluding diaryl/α,β-unsaturated/α-hetero) is 2. The molecule has 23 heavy (non-hydrogen) atoms. The van der Waals surface area contributed by atoms with Crippen molar-refractivity contribution in [3.05, 3.63) is 88.0 Å². The van der Waals surface area contributed by atoms with Gasteiger partial charge in [-0.15, -0.1) is 0 Å². The van der Waals surface area contributed by atoms with Crippen molar-refractivity contribution < 1.29 is 14.5 Å². The van der Waals surface area contributed by atoms with Crippen LogP contribution in [0.1, 0.15) is 20.7 Å². The molecule has 0 aliphatic rings. The molecule has 3 aromatic carbocycles. The Labute approximate surface area is 131 Å². The number of nitro groups is 1. The van der Waals surface area contributed by atoms with Crippen LogP contribution in [0.15, 0.2) is 66.7 Å². The highest BCUT2D eigenvalue weighted by Gasteiger charge is 2.19. The number of non-ortho nitro benzene ring substituents is 1. The Morgan fingerprint density at radius 1 is 0.739 bits per heavy atom. The van der Waals surface area contributed by atoms with Crippen molar-refractivity contribution in [2.75, 3.05) is 0 Å². The van der Waals surface area contributed by atoms with Crippen LogP contribution in [0.5, 0.6) is 0 Å². The van der Waals surface area contributed by atoms with E-state index >= 15 is 0 Å². The summed E-state index contributed by atoms with van der Waals surface area (Å²) in [5.74, 6) is -1.32. The van der Waals surface area contributed by atoms with E-state index in [-0.39, 0.29) is 11.3 Å². The number of rotatable bonds is 4. The minimum atomic E-state index is -0.685. The average Bonchev–Trinajstić information content (AvgIpc) is 2.60. The standard InChI is InChI=1S/C18H11NO4/c20-17(13-7-9-16(10-8-13)19(22)23)18(21)15-6-5-12-3-1-2-4-14(12)11-15/h1-11H. The Balaban J connectivity index is 1.91. The number of carbonyl (C=O) groups is 2. The van der Waals surface area contributed by atoms with Crippen molar-refractivity contribution in [3.8, 4) is 0 Å². The second-order valence-electron chi connectivity index (χ2n) is 5.02. The lowest BCUT2D eigenvalue weighted by Gasteiger charge is -2.03. The van der Waals surface area contributed by atoms with Gasteiger partial charge >= 0.3 is 0 Å².